The molecule has 2 fully saturated rings. The van der Waals surface area contributed by atoms with Gasteiger partial charge in [0.15, 0.2) is 0 Å². The molecule has 2 heterocycles. The summed E-state index contributed by atoms with van der Waals surface area (Å²) in [7, 11) is 2.04. The molecule has 1 aromatic heterocycles. The van der Waals surface area contributed by atoms with Crippen molar-refractivity contribution in [1.82, 2.24) is 19.7 Å². The van der Waals surface area contributed by atoms with E-state index in [4.69, 9.17) is 4.74 Å². The predicted octanol–water partition coefficient (Wildman–Crippen LogP) is 1.27. The van der Waals surface area contributed by atoms with Gasteiger partial charge in [-0.2, -0.15) is 0 Å². The molecule has 0 bridgehead atoms. The molecule has 18 heavy (non-hydrogen) atoms. The third-order valence-electron chi connectivity index (χ3n) is 4.39. The molecule has 0 atom stereocenters. The first-order valence-corrected chi connectivity index (χ1v) is 6.90. The van der Waals surface area contributed by atoms with Gasteiger partial charge >= 0.3 is 0 Å². The van der Waals surface area contributed by atoms with Crippen LogP contribution in [0.4, 0.5) is 0 Å². The van der Waals surface area contributed by atoms with Crippen molar-refractivity contribution in [3.8, 4) is 0 Å². The number of aryl methyl sites for hydroxylation is 1. The summed E-state index contributed by atoms with van der Waals surface area (Å²) in [6.45, 7) is 5.81. The molecule has 0 radical (unpaired) electrons. The number of nitrogens with zero attached hydrogens (tertiary/aromatic N) is 4. The van der Waals surface area contributed by atoms with Crippen LogP contribution in [0.2, 0.25) is 0 Å². The molecule has 3 rings (SSSR count). The van der Waals surface area contributed by atoms with E-state index in [0.717, 1.165) is 37.9 Å². The second-order valence-electron chi connectivity index (χ2n) is 5.67. The molecule has 0 aromatic carbocycles. The normalized spacial score (nSPS) is 23.9. The third kappa shape index (κ3) is 2.17. The molecule has 2 aliphatic rings. The first-order valence-electron chi connectivity index (χ1n) is 6.90. The predicted molar refractivity (Wildman–Crippen MR) is 68.2 cm³/mol. The topological polar surface area (TPSA) is 43.2 Å². The quantitative estimate of drug-likeness (QED) is 0.793. The zero-order chi connectivity index (χ0) is 12.6. The molecule has 1 saturated heterocycles. The van der Waals surface area contributed by atoms with Gasteiger partial charge in [0.05, 0.1) is 18.8 Å². The van der Waals surface area contributed by atoms with E-state index in [-0.39, 0.29) is 5.60 Å². The summed E-state index contributed by atoms with van der Waals surface area (Å²) in [4.78, 5) is 2.47. The largest absolute Gasteiger partial charge is 0.372 e. The highest BCUT2D eigenvalue weighted by atomic mass is 16.5. The summed E-state index contributed by atoms with van der Waals surface area (Å²) in [5.74, 6) is 2.04. The summed E-state index contributed by atoms with van der Waals surface area (Å²) < 4.78 is 8.13. The average molecular weight is 250 g/mol. The highest BCUT2D eigenvalue weighted by Crippen LogP contribution is 2.36. The Hall–Kier alpha value is -0.940. The van der Waals surface area contributed by atoms with Crippen LogP contribution in [-0.2, 0) is 18.3 Å². The van der Waals surface area contributed by atoms with Gasteiger partial charge in [0.1, 0.15) is 11.6 Å². The molecule has 0 amide bonds. The van der Waals surface area contributed by atoms with Crippen LogP contribution in [-0.4, -0.2) is 45.0 Å². The lowest BCUT2D eigenvalue weighted by atomic mass is 10.00. The van der Waals surface area contributed by atoms with Crippen LogP contribution in [0.5, 0.6) is 0 Å². The summed E-state index contributed by atoms with van der Waals surface area (Å²) in [6.07, 6.45) is 5.08. The third-order valence-corrected chi connectivity index (χ3v) is 4.39. The van der Waals surface area contributed by atoms with Crippen molar-refractivity contribution in [2.75, 3.05) is 19.7 Å². The lowest BCUT2D eigenvalue weighted by Gasteiger charge is -2.40. The van der Waals surface area contributed by atoms with Crippen molar-refractivity contribution in [2.24, 2.45) is 7.05 Å². The van der Waals surface area contributed by atoms with Gasteiger partial charge in [-0.1, -0.05) is 12.8 Å². The van der Waals surface area contributed by atoms with E-state index in [1.807, 2.05) is 14.0 Å². The minimum atomic E-state index is 0.145. The van der Waals surface area contributed by atoms with E-state index >= 15 is 0 Å². The molecule has 0 N–H and O–H groups in total. The fourth-order valence-electron chi connectivity index (χ4n) is 3.17. The van der Waals surface area contributed by atoms with Gasteiger partial charge in [0.2, 0.25) is 0 Å². The SMILES string of the molecule is Cc1nnc(CN2CCOC3(CCCC3)C2)n1C. The Kier molecular flexibility index (Phi) is 3.11. The van der Waals surface area contributed by atoms with E-state index in [0.29, 0.717) is 0 Å². The minimum absolute atomic E-state index is 0.145. The van der Waals surface area contributed by atoms with E-state index < -0.39 is 0 Å². The Morgan fingerprint density at radius 3 is 2.72 bits per heavy atom. The van der Waals surface area contributed by atoms with Crippen LogP contribution in [0.25, 0.3) is 0 Å². The Labute approximate surface area is 108 Å². The first kappa shape index (κ1) is 12.1. The highest BCUT2D eigenvalue weighted by Gasteiger charge is 2.39. The molecular weight excluding hydrogens is 228 g/mol. The van der Waals surface area contributed by atoms with Gasteiger partial charge in [-0.3, -0.25) is 4.90 Å². The molecule has 1 aliphatic carbocycles. The fourth-order valence-corrected chi connectivity index (χ4v) is 3.17. The zero-order valence-corrected chi connectivity index (χ0v) is 11.4. The van der Waals surface area contributed by atoms with E-state index in [9.17, 15) is 0 Å². The Morgan fingerprint density at radius 1 is 1.28 bits per heavy atom. The molecule has 1 aliphatic heterocycles. The zero-order valence-electron chi connectivity index (χ0n) is 11.4. The van der Waals surface area contributed by atoms with Gasteiger partial charge in [0.25, 0.3) is 0 Å². The molecule has 1 aromatic rings. The molecule has 5 nitrogen and oxygen atoms in total. The van der Waals surface area contributed by atoms with Crippen LogP contribution in [0.1, 0.15) is 37.3 Å². The van der Waals surface area contributed by atoms with Gasteiger partial charge < -0.3 is 9.30 Å². The molecule has 1 spiro atoms. The Bertz CT molecular complexity index is 423. The monoisotopic (exact) mass is 250 g/mol. The maximum atomic E-state index is 6.05. The van der Waals surface area contributed by atoms with E-state index in [1.54, 1.807) is 0 Å². The number of hydrogen-bond donors (Lipinski definition) is 0. The van der Waals surface area contributed by atoms with Crippen LogP contribution in [0.15, 0.2) is 0 Å². The maximum absolute atomic E-state index is 6.05. The fraction of sp³-hybridized carbons (Fsp3) is 0.846. The lowest BCUT2D eigenvalue weighted by molar-refractivity contribution is -0.107. The lowest BCUT2D eigenvalue weighted by Crippen LogP contribution is -2.50. The maximum Gasteiger partial charge on any atom is 0.146 e. The van der Waals surface area contributed by atoms with Crippen molar-refractivity contribution < 1.29 is 4.74 Å². The van der Waals surface area contributed by atoms with Crippen molar-refractivity contribution in [3.05, 3.63) is 11.6 Å². The summed E-state index contributed by atoms with van der Waals surface area (Å²) in [5, 5.41) is 8.38. The number of aromatic nitrogens is 3. The van der Waals surface area contributed by atoms with Gasteiger partial charge in [-0.25, -0.2) is 0 Å². The average Bonchev–Trinajstić information content (AvgIpc) is 2.92. The summed E-state index contributed by atoms with van der Waals surface area (Å²) in [6, 6.07) is 0. The second-order valence-corrected chi connectivity index (χ2v) is 5.67. The molecular formula is C13H22N4O. The number of hydrogen-bond acceptors (Lipinski definition) is 4. The van der Waals surface area contributed by atoms with Crippen LogP contribution < -0.4 is 0 Å². The minimum Gasteiger partial charge on any atom is -0.372 e. The number of rotatable bonds is 2. The van der Waals surface area contributed by atoms with Gasteiger partial charge in [-0.05, 0) is 19.8 Å². The van der Waals surface area contributed by atoms with Crippen molar-refractivity contribution >= 4 is 0 Å². The van der Waals surface area contributed by atoms with Crippen LogP contribution in [0.3, 0.4) is 0 Å². The summed E-state index contributed by atoms with van der Waals surface area (Å²) in [5.41, 5.74) is 0.145. The number of morpholine rings is 1. The number of ether oxygens (including phenoxy) is 1. The molecule has 1 saturated carbocycles. The van der Waals surface area contributed by atoms with Gasteiger partial charge in [0, 0.05) is 20.1 Å². The second kappa shape index (κ2) is 4.63. The Morgan fingerprint density at radius 2 is 2.06 bits per heavy atom. The standard InChI is InChI=1S/C13H22N4O/c1-11-14-15-12(16(11)2)9-17-7-8-18-13(10-17)5-3-4-6-13/h3-10H2,1-2H3. The van der Waals surface area contributed by atoms with Crippen LogP contribution in [0, 0.1) is 6.92 Å². The summed E-state index contributed by atoms with van der Waals surface area (Å²) >= 11 is 0. The van der Waals surface area contributed by atoms with Crippen LogP contribution >= 0.6 is 0 Å². The van der Waals surface area contributed by atoms with E-state index in [2.05, 4.69) is 19.7 Å². The Balaban J connectivity index is 1.68. The van der Waals surface area contributed by atoms with Gasteiger partial charge in [-0.15, -0.1) is 10.2 Å². The van der Waals surface area contributed by atoms with E-state index in [1.165, 1.54) is 25.7 Å². The molecule has 5 heteroatoms. The highest BCUT2D eigenvalue weighted by molar-refractivity contribution is 4.96. The molecule has 0 unspecified atom stereocenters. The van der Waals surface area contributed by atoms with Crippen molar-refractivity contribution in [3.63, 3.8) is 0 Å². The first-order chi connectivity index (χ1) is 8.69. The molecule has 100 valence electrons. The van der Waals surface area contributed by atoms with Crippen molar-refractivity contribution in [1.29, 1.82) is 0 Å². The van der Waals surface area contributed by atoms with Crippen molar-refractivity contribution in [2.45, 2.75) is 44.8 Å². The smallest absolute Gasteiger partial charge is 0.146 e.